The molecule has 0 radical (unpaired) electrons. The average molecular weight is 415 g/mol. The number of halogens is 2. The first-order valence-electron chi connectivity index (χ1n) is 9.21. The molecule has 4 aromatic rings. The third-order valence-corrected chi connectivity index (χ3v) is 5.35. The first-order valence-corrected chi connectivity index (χ1v) is 9.59. The van der Waals surface area contributed by atoms with Crippen LogP contribution in [0, 0.1) is 5.82 Å². The number of nitrogens with zero attached hydrogens (tertiary/aromatic N) is 4. The zero-order valence-corrected chi connectivity index (χ0v) is 15.9. The third kappa shape index (κ3) is 3.22. The maximum Gasteiger partial charge on any atom is 0.261 e. The minimum Gasteiger partial charge on any atom is -0.333 e. The number of aromatic amines is 1. The van der Waals surface area contributed by atoms with Crippen LogP contribution in [0.5, 0.6) is 0 Å². The first-order chi connectivity index (χ1) is 14.1. The van der Waals surface area contributed by atoms with E-state index in [9.17, 15) is 9.18 Å². The van der Waals surface area contributed by atoms with Crippen molar-refractivity contribution in [3.63, 3.8) is 0 Å². The summed E-state index contributed by atoms with van der Waals surface area (Å²) in [5, 5.41) is 12.1. The molecule has 3 aromatic heterocycles. The molecule has 0 saturated carbocycles. The molecule has 0 bridgehead atoms. The predicted octanol–water partition coefficient (Wildman–Crippen LogP) is 3.00. The van der Waals surface area contributed by atoms with E-state index in [-0.39, 0.29) is 28.8 Å². The minimum absolute atomic E-state index is 0.00351. The van der Waals surface area contributed by atoms with E-state index in [4.69, 9.17) is 16.1 Å². The summed E-state index contributed by atoms with van der Waals surface area (Å²) in [5.41, 5.74) is 1.70. The van der Waals surface area contributed by atoms with Crippen molar-refractivity contribution in [3.8, 4) is 22.8 Å². The summed E-state index contributed by atoms with van der Waals surface area (Å²) in [6.45, 7) is 1.79. The van der Waals surface area contributed by atoms with Gasteiger partial charge in [-0.15, -0.1) is 0 Å². The van der Waals surface area contributed by atoms with Crippen molar-refractivity contribution in [2.24, 2.45) is 0 Å². The van der Waals surface area contributed by atoms with Gasteiger partial charge in [0.2, 0.25) is 5.82 Å². The highest BCUT2D eigenvalue weighted by atomic mass is 35.5. The third-order valence-electron chi connectivity index (χ3n) is 5.12. The molecule has 2 N–H and O–H groups in total. The topological polar surface area (TPSA) is 101 Å². The highest BCUT2D eigenvalue weighted by Gasteiger charge is 2.23. The zero-order valence-electron chi connectivity index (χ0n) is 15.2. The molecule has 5 rings (SSSR count). The number of hydrogen-bond acceptors (Lipinski definition) is 6. The van der Waals surface area contributed by atoms with E-state index >= 15 is 0 Å². The summed E-state index contributed by atoms with van der Waals surface area (Å²) in [7, 11) is 0. The molecular weight excluding hydrogens is 399 g/mol. The van der Waals surface area contributed by atoms with Crippen LogP contribution in [0.3, 0.4) is 0 Å². The molecule has 0 amide bonds. The Morgan fingerprint density at radius 2 is 2.03 bits per heavy atom. The Hall–Kier alpha value is -3.04. The molecule has 1 aliphatic rings. The van der Waals surface area contributed by atoms with Crippen molar-refractivity contribution >= 4 is 17.2 Å². The first kappa shape index (κ1) is 18.0. The zero-order chi connectivity index (χ0) is 20.0. The molecule has 1 aromatic carbocycles. The van der Waals surface area contributed by atoms with E-state index in [1.165, 1.54) is 18.2 Å². The fourth-order valence-corrected chi connectivity index (χ4v) is 3.86. The summed E-state index contributed by atoms with van der Waals surface area (Å²) < 4.78 is 21.1. The molecule has 4 heterocycles. The van der Waals surface area contributed by atoms with Crippen LogP contribution in [-0.2, 0) is 0 Å². The monoisotopic (exact) mass is 414 g/mol. The summed E-state index contributed by atoms with van der Waals surface area (Å²) in [6, 6.07) is 5.68. The van der Waals surface area contributed by atoms with Gasteiger partial charge in [-0.3, -0.25) is 4.79 Å². The van der Waals surface area contributed by atoms with Crippen LogP contribution in [0.1, 0.15) is 24.5 Å². The lowest BCUT2D eigenvalue weighted by Gasteiger charge is -2.23. The van der Waals surface area contributed by atoms with E-state index in [1.807, 2.05) is 0 Å². The highest BCUT2D eigenvalue weighted by molar-refractivity contribution is 6.30. The largest absolute Gasteiger partial charge is 0.333 e. The Morgan fingerprint density at radius 3 is 2.86 bits per heavy atom. The smallest absolute Gasteiger partial charge is 0.261 e. The lowest BCUT2D eigenvalue weighted by molar-refractivity contribution is 0.429. The van der Waals surface area contributed by atoms with Gasteiger partial charge in [-0.2, -0.15) is 10.1 Å². The molecule has 1 saturated heterocycles. The van der Waals surface area contributed by atoms with Crippen molar-refractivity contribution in [2.75, 3.05) is 13.1 Å². The number of hydrogen-bond donors (Lipinski definition) is 2. The molecule has 1 fully saturated rings. The number of piperidine rings is 1. The maximum atomic E-state index is 14.1. The number of rotatable bonds is 3. The van der Waals surface area contributed by atoms with Crippen molar-refractivity contribution in [3.05, 3.63) is 57.3 Å². The van der Waals surface area contributed by atoms with Gasteiger partial charge in [0.05, 0.1) is 23.0 Å². The van der Waals surface area contributed by atoms with E-state index < -0.39 is 5.82 Å². The van der Waals surface area contributed by atoms with Crippen molar-refractivity contribution in [2.45, 2.75) is 18.8 Å². The van der Waals surface area contributed by atoms with E-state index in [0.717, 1.165) is 31.6 Å². The van der Waals surface area contributed by atoms with Gasteiger partial charge in [-0.1, -0.05) is 16.8 Å². The van der Waals surface area contributed by atoms with Gasteiger partial charge in [-0.25, -0.2) is 8.91 Å². The van der Waals surface area contributed by atoms with Crippen LogP contribution in [0.15, 0.2) is 39.8 Å². The van der Waals surface area contributed by atoms with Crippen LogP contribution in [0.25, 0.3) is 28.5 Å². The second kappa shape index (κ2) is 7.09. The molecule has 0 spiro atoms. The molecule has 1 aliphatic heterocycles. The molecule has 29 heavy (non-hydrogen) atoms. The van der Waals surface area contributed by atoms with Crippen LogP contribution in [0.2, 0.25) is 5.02 Å². The van der Waals surface area contributed by atoms with Crippen molar-refractivity contribution in [1.82, 2.24) is 30.1 Å². The summed E-state index contributed by atoms with van der Waals surface area (Å²) in [5.74, 6) is -0.0926. The minimum atomic E-state index is -0.522. The van der Waals surface area contributed by atoms with E-state index in [2.05, 4.69) is 25.5 Å². The lowest BCUT2D eigenvalue weighted by Crippen LogP contribution is -2.28. The van der Waals surface area contributed by atoms with Crippen LogP contribution >= 0.6 is 11.6 Å². The van der Waals surface area contributed by atoms with Gasteiger partial charge in [0, 0.05) is 17.0 Å². The fraction of sp³-hybridized carbons (Fsp3) is 0.263. The average Bonchev–Trinajstić information content (AvgIpc) is 3.37. The molecule has 0 aliphatic carbocycles. The number of nitrogens with one attached hydrogen (secondary N) is 2. The SMILES string of the molecule is O=c1cc(C2CCNCC2)n2ncc(-c3noc(-c4cc(Cl)ccc4F)n3)c2[nH]1. The van der Waals surface area contributed by atoms with Crippen molar-refractivity contribution < 1.29 is 8.91 Å². The molecule has 8 nitrogen and oxygen atoms in total. The molecule has 148 valence electrons. The Morgan fingerprint density at radius 1 is 1.21 bits per heavy atom. The molecule has 10 heteroatoms. The fourth-order valence-electron chi connectivity index (χ4n) is 3.69. The van der Waals surface area contributed by atoms with Gasteiger partial charge >= 0.3 is 0 Å². The van der Waals surface area contributed by atoms with Gasteiger partial charge in [0.25, 0.3) is 11.4 Å². The quantitative estimate of drug-likeness (QED) is 0.534. The summed E-state index contributed by atoms with van der Waals surface area (Å²) in [6.07, 6.45) is 3.42. The Kier molecular flexibility index (Phi) is 4.40. The van der Waals surface area contributed by atoms with Gasteiger partial charge in [-0.05, 0) is 44.1 Å². The lowest BCUT2D eigenvalue weighted by atomic mass is 9.94. The summed E-state index contributed by atoms with van der Waals surface area (Å²) >= 11 is 5.95. The highest BCUT2D eigenvalue weighted by Crippen LogP contribution is 2.30. The molecule has 0 unspecified atom stereocenters. The second-order valence-corrected chi connectivity index (χ2v) is 7.39. The summed E-state index contributed by atoms with van der Waals surface area (Å²) in [4.78, 5) is 19.4. The molecule has 0 atom stereocenters. The van der Waals surface area contributed by atoms with E-state index in [1.54, 1.807) is 16.8 Å². The van der Waals surface area contributed by atoms with Crippen LogP contribution < -0.4 is 10.9 Å². The van der Waals surface area contributed by atoms with Crippen molar-refractivity contribution in [1.29, 1.82) is 0 Å². The standard InChI is InChI=1S/C19H16ClFN6O2/c20-11-1-2-14(21)12(7-11)19-25-17(26-29-19)13-9-23-27-15(8-16(28)24-18(13)27)10-3-5-22-6-4-10/h1-2,7-10,22H,3-6H2,(H,24,28). The number of aromatic nitrogens is 5. The molecular formula is C19H16ClFN6O2. The number of H-pyrrole nitrogens is 1. The van der Waals surface area contributed by atoms with Crippen LogP contribution in [-0.4, -0.2) is 37.8 Å². The predicted molar refractivity (Wildman–Crippen MR) is 104 cm³/mol. The van der Waals surface area contributed by atoms with E-state index in [0.29, 0.717) is 16.2 Å². The maximum absolute atomic E-state index is 14.1. The Labute approximate surface area is 168 Å². The number of benzene rings is 1. The van der Waals surface area contributed by atoms with Gasteiger partial charge < -0.3 is 14.8 Å². The number of fused-ring (bicyclic) bond motifs is 1. The van der Waals surface area contributed by atoms with Gasteiger partial charge in [0.1, 0.15) is 11.5 Å². The normalized spacial score (nSPS) is 15.2. The Bertz CT molecular complexity index is 1260. The van der Waals surface area contributed by atoms with Gasteiger partial charge in [0.15, 0.2) is 0 Å². The Balaban J connectivity index is 1.60. The second-order valence-electron chi connectivity index (χ2n) is 6.95. The van der Waals surface area contributed by atoms with Crippen LogP contribution in [0.4, 0.5) is 4.39 Å².